The van der Waals surface area contributed by atoms with Gasteiger partial charge in [0.25, 0.3) is 11.6 Å². The van der Waals surface area contributed by atoms with Crippen molar-refractivity contribution >= 4 is 22.6 Å². The van der Waals surface area contributed by atoms with Crippen LogP contribution in [-0.2, 0) is 0 Å². The summed E-state index contributed by atoms with van der Waals surface area (Å²) in [5, 5.41) is 11.7. The van der Waals surface area contributed by atoms with Gasteiger partial charge in [0.05, 0.1) is 21.9 Å². The van der Waals surface area contributed by atoms with Gasteiger partial charge in [0, 0.05) is 25.2 Å². The molecule has 1 aromatic heterocycles. The molecule has 160 valence electrons. The van der Waals surface area contributed by atoms with Gasteiger partial charge in [0.1, 0.15) is 5.58 Å². The van der Waals surface area contributed by atoms with Gasteiger partial charge in [-0.2, -0.15) is 0 Å². The normalized spacial score (nSPS) is 15.6. The predicted molar refractivity (Wildman–Crippen MR) is 116 cm³/mol. The van der Waals surface area contributed by atoms with Gasteiger partial charge in [-0.25, -0.2) is 0 Å². The lowest BCUT2D eigenvalue weighted by molar-refractivity contribution is -0.384. The molecule has 0 aliphatic carbocycles. The Morgan fingerprint density at radius 1 is 1.10 bits per heavy atom. The van der Waals surface area contributed by atoms with Gasteiger partial charge in [0.15, 0.2) is 5.43 Å². The van der Waals surface area contributed by atoms with E-state index in [2.05, 4.69) is 4.90 Å². The number of para-hydroxylation sites is 1. The van der Waals surface area contributed by atoms with Crippen LogP contribution < -0.4 is 5.43 Å². The summed E-state index contributed by atoms with van der Waals surface area (Å²) in [5.74, 6) is -0.360. The zero-order chi connectivity index (χ0) is 22.1. The average Bonchev–Trinajstić information content (AvgIpc) is 3.07. The number of carbonyl (C=O) groups is 1. The Kier molecular flexibility index (Phi) is 5.56. The van der Waals surface area contributed by atoms with Crippen molar-refractivity contribution in [3.8, 4) is 0 Å². The van der Waals surface area contributed by atoms with E-state index in [4.69, 9.17) is 4.42 Å². The Morgan fingerprint density at radius 3 is 2.55 bits per heavy atom. The molecule has 1 aliphatic rings. The van der Waals surface area contributed by atoms with Crippen molar-refractivity contribution in [2.75, 3.05) is 26.2 Å². The summed E-state index contributed by atoms with van der Waals surface area (Å²) in [7, 11) is 0. The fourth-order valence-electron chi connectivity index (χ4n) is 4.14. The first-order chi connectivity index (χ1) is 15.0. The summed E-state index contributed by atoms with van der Waals surface area (Å²) in [4.78, 5) is 41.3. The van der Waals surface area contributed by atoms with Gasteiger partial charge >= 0.3 is 0 Å². The first kappa shape index (κ1) is 20.7. The van der Waals surface area contributed by atoms with E-state index < -0.39 is 11.0 Å². The number of fused-ring (bicyclic) bond motifs is 2. The maximum atomic E-state index is 13.4. The van der Waals surface area contributed by atoms with Crippen LogP contribution in [0.15, 0.2) is 57.7 Å². The summed E-state index contributed by atoms with van der Waals surface area (Å²) in [6, 6.07) is 12.2. The summed E-state index contributed by atoms with van der Waals surface area (Å²) in [6.07, 6.45) is 0. The van der Waals surface area contributed by atoms with Crippen molar-refractivity contribution in [1.29, 1.82) is 0 Å². The number of carbonyl (C=O) groups excluding carboxylic acids is 1. The summed E-state index contributed by atoms with van der Waals surface area (Å²) >= 11 is 0. The van der Waals surface area contributed by atoms with Gasteiger partial charge in [-0.05, 0) is 30.8 Å². The van der Waals surface area contributed by atoms with Crippen LogP contribution in [0, 0.1) is 10.1 Å². The first-order valence-electron chi connectivity index (χ1n) is 10.3. The SMILES string of the molecule is CCN(CC)CCN1C(=O)c2oc3ccccc3c(=O)c2[C@H]1c1cccc([N+](=O)[O-])c1. The van der Waals surface area contributed by atoms with Crippen molar-refractivity contribution in [3.63, 3.8) is 0 Å². The van der Waals surface area contributed by atoms with Crippen molar-refractivity contribution in [3.05, 3.63) is 85.8 Å². The number of likely N-dealkylation sites (N-methyl/N-ethyl adjacent to an activating group) is 1. The highest BCUT2D eigenvalue weighted by Gasteiger charge is 2.42. The van der Waals surface area contributed by atoms with E-state index >= 15 is 0 Å². The number of non-ortho nitro benzene ring substituents is 1. The number of benzene rings is 2. The van der Waals surface area contributed by atoms with E-state index in [0.717, 1.165) is 13.1 Å². The Morgan fingerprint density at radius 2 is 1.84 bits per heavy atom. The minimum atomic E-state index is -0.737. The molecule has 1 aliphatic heterocycles. The molecule has 1 amide bonds. The second-order valence-electron chi connectivity index (χ2n) is 7.45. The maximum absolute atomic E-state index is 13.4. The summed E-state index contributed by atoms with van der Waals surface area (Å²) < 4.78 is 5.88. The number of nitro groups is 1. The van der Waals surface area contributed by atoms with Gasteiger partial charge in [-0.3, -0.25) is 19.7 Å². The molecule has 1 atom stereocenters. The van der Waals surface area contributed by atoms with Crippen LogP contribution >= 0.6 is 0 Å². The lowest BCUT2D eigenvalue weighted by atomic mass is 9.98. The molecule has 2 heterocycles. The van der Waals surface area contributed by atoms with E-state index in [1.165, 1.54) is 12.1 Å². The number of hydrogen-bond donors (Lipinski definition) is 0. The highest BCUT2D eigenvalue weighted by molar-refractivity contribution is 5.99. The molecule has 31 heavy (non-hydrogen) atoms. The average molecular weight is 421 g/mol. The van der Waals surface area contributed by atoms with Gasteiger partial charge in [-0.15, -0.1) is 0 Å². The Hall–Kier alpha value is -3.52. The summed E-state index contributed by atoms with van der Waals surface area (Å²) in [5.41, 5.74) is 0.731. The van der Waals surface area contributed by atoms with Gasteiger partial charge in [0.2, 0.25) is 5.76 Å². The molecule has 8 nitrogen and oxygen atoms in total. The Labute approximate surface area is 178 Å². The van der Waals surface area contributed by atoms with Crippen LogP contribution in [0.1, 0.15) is 41.6 Å². The molecule has 0 radical (unpaired) electrons. The van der Waals surface area contributed by atoms with Crippen LogP contribution in [0.4, 0.5) is 5.69 Å². The Bertz CT molecular complexity index is 1220. The molecule has 8 heteroatoms. The molecule has 4 rings (SSSR count). The third-order valence-corrected chi connectivity index (χ3v) is 5.82. The first-order valence-corrected chi connectivity index (χ1v) is 10.3. The lowest BCUT2D eigenvalue weighted by Gasteiger charge is -2.28. The fourth-order valence-corrected chi connectivity index (χ4v) is 4.14. The lowest BCUT2D eigenvalue weighted by Crippen LogP contribution is -2.37. The molecule has 0 bridgehead atoms. The smallest absolute Gasteiger partial charge is 0.290 e. The molecule has 0 saturated carbocycles. The number of nitro benzene ring substituents is 1. The van der Waals surface area contributed by atoms with Crippen LogP contribution in [-0.4, -0.2) is 46.8 Å². The van der Waals surface area contributed by atoms with Crippen molar-refractivity contribution in [1.82, 2.24) is 9.80 Å². The minimum absolute atomic E-state index is 0.0137. The maximum Gasteiger partial charge on any atom is 0.290 e. The molecule has 3 aromatic rings. The highest BCUT2D eigenvalue weighted by Crippen LogP contribution is 2.38. The number of hydrogen-bond acceptors (Lipinski definition) is 6. The predicted octanol–water partition coefficient (Wildman–Crippen LogP) is 3.59. The van der Waals surface area contributed by atoms with Crippen molar-refractivity contribution in [2.24, 2.45) is 0 Å². The summed E-state index contributed by atoms with van der Waals surface area (Å²) in [6.45, 7) is 6.72. The van der Waals surface area contributed by atoms with Crippen LogP contribution in [0.5, 0.6) is 0 Å². The third kappa shape index (κ3) is 3.59. The van der Waals surface area contributed by atoms with Crippen molar-refractivity contribution < 1.29 is 14.1 Å². The van der Waals surface area contributed by atoms with E-state index in [-0.39, 0.29) is 28.3 Å². The molecular weight excluding hydrogens is 398 g/mol. The van der Waals surface area contributed by atoms with E-state index in [0.29, 0.717) is 29.6 Å². The molecule has 0 unspecified atom stereocenters. The molecule has 0 saturated heterocycles. The van der Waals surface area contributed by atoms with E-state index in [1.807, 2.05) is 13.8 Å². The second-order valence-corrected chi connectivity index (χ2v) is 7.45. The third-order valence-electron chi connectivity index (χ3n) is 5.82. The standard InChI is InChI=1S/C23H23N3O5/c1-3-24(4-2)12-13-25-20(15-8-7-9-16(14-15)26(29)30)19-21(27)17-10-5-6-11-18(17)31-22(19)23(25)28/h5-11,14,20H,3-4,12-13H2,1-2H3/t20-/m1/s1. The second kappa shape index (κ2) is 8.31. The zero-order valence-electron chi connectivity index (χ0n) is 17.4. The fraction of sp³-hybridized carbons (Fsp3) is 0.304. The molecule has 0 spiro atoms. The number of rotatable bonds is 7. The Balaban J connectivity index is 1.88. The van der Waals surface area contributed by atoms with Gasteiger partial charge < -0.3 is 14.2 Å². The topological polar surface area (TPSA) is 96.9 Å². The largest absolute Gasteiger partial charge is 0.450 e. The molecular formula is C23H23N3O5. The van der Waals surface area contributed by atoms with Crippen LogP contribution in [0.2, 0.25) is 0 Å². The molecule has 0 fully saturated rings. The monoisotopic (exact) mass is 421 g/mol. The number of amides is 1. The minimum Gasteiger partial charge on any atom is -0.450 e. The highest BCUT2D eigenvalue weighted by atomic mass is 16.6. The molecule has 2 aromatic carbocycles. The number of nitrogens with zero attached hydrogens (tertiary/aromatic N) is 3. The van der Waals surface area contributed by atoms with Crippen molar-refractivity contribution in [2.45, 2.75) is 19.9 Å². The van der Waals surface area contributed by atoms with Gasteiger partial charge in [-0.1, -0.05) is 38.1 Å². The van der Waals surface area contributed by atoms with Crippen LogP contribution in [0.3, 0.4) is 0 Å². The van der Waals surface area contributed by atoms with E-state index in [9.17, 15) is 19.7 Å². The quantitative estimate of drug-likeness (QED) is 0.427. The van der Waals surface area contributed by atoms with E-state index in [1.54, 1.807) is 41.3 Å². The van der Waals surface area contributed by atoms with Crippen LogP contribution in [0.25, 0.3) is 11.0 Å². The zero-order valence-corrected chi connectivity index (χ0v) is 17.4. The molecule has 0 N–H and O–H groups in total.